The van der Waals surface area contributed by atoms with Crippen LogP contribution in [0.25, 0.3) is 0 Å². The molecular formula is C16H17N3O2S2. The minimum atomic E-state index is -0.361. The molecule has 1 fully saturated rings. The first-order chi connectivity index (χ1) is 11.2. The van der Waals surface area contributed by atoms with E-state index in [1.807, 2.05) is 6.07 Å². The van der Waals surface area contributed by atoms with Gasteiger partial charge < -0.3 is 5.32 Å². The highest BCUT2D eigenvalue weighted by Crippen LogP contribution is 2.27. The van der Waals surface area contributed by atoms with Crippen LogP contribution in [0.4, 0.5) is 0 Å². The van der Waals surface area contributed by atoms with E-state index in [0.717, 1.165) is 42.7 Å². The van der Waals surface area contributed by atoms with Crippen molar-refractivity contribution >= 4 is 34.5 Å². The summed E-state index contributed by atoms with van der Waals surface area (Å²) in [6, 6.07) is 3.73. The Bertz CT molecular complexity index is 685. The van der Waals surface area contributed by atoms with Crippen LogP contribution in [0.15, 0.2) is 11.1 Å². The molecule has 5 nitrogen and oxygen atoms in total. The molecule has 0 bridgehead atoms. The van der Waals surface area contributed by atoms with Gasteiger partial charge in [-0.1, -0.05) is 23.5 Å². The maximum atomic E-state index is 12.0. The highest BCUT2D eigenvalue weighted by molar-refractivity contribution is 8.14. The van der Waals surface area contributed by atoms with E-state index in [2.05, 4.69) is 16.4 Å². The summed E-state index contributed by atoms with van der Waals surface area (Å²) in [6.45, 7) is 0. The Morgan fingerprint density at radius 1 is 1.48 bits per heavy atom. The zero-order valence-corrected chi connectivity index (χ0v) is 14.3. The number of pyridine rings is 1. The molecule has 1 aromatic rings. The van der Waals surface area contributed by atoms with Crippen LogP contribution < -0.4 is 5.32 Å². The van der Waals surface area contributed by atoms with Crippen molar-refractivity contribution in [3.63, 3.8) is 0 Å². The van der Waals surface area contributed by atoms with Gasteiger partial charge in [-0.2, -0.15) is 5.26 Å². The van der Waals surface area contributed by atoms with Gasteiger partial charge in [0, 0.05) is 11.4 Å². The Balaban J connectivity index is 1.64. The standard InChI is InChI=1S/C16H17N3O2S2/c17-8-11-7-10-3-1-2-4-12(10)19-15(11)23-9-14(20)18-13-5-6-22-16(13)21/h7,13H,1-6,9H2,(H,18,20)/t13-/m1/s1. The van der Waals surface area contributed by atoms with Crippen LogP contribution in [-0.4, -0.2) is 33.6 Å². The molecule has 0 aromatic carbocycles. The molecule has 0 spiro atoms. The van der Waals surface area contributed by atoms with Crippen LogP contribution in [0.3, 0.4) is 0 Å². The van der Waals surface area contributed by atoms with E-state index in [0.29, 0.717) is 17.0 Å². The quantitative estimate of drug-likeness (QED) is 0.840. The van der Waals surface area contributed by atoms with Crippen molar-refractivity contribution in [1.82, 2.24) is 10.3 Å². The van der Waals surface area contributed by atoms with Gasteiger partial charge in [-0.25, -0.2) is 4.98 Å². The van der Waals surface area contributed by atoms with Crippen LogP contribution in [0.2, 0.25) is 0 Å². The van der Waals surface area contributed by atoms with Crippen LogP contribution in [0.5, 0.6) is 0 Å². The second-order valence-electron chi connectivity index (χ2n) is 5.63. The zero-order valence-electron chi connectivity index (χ0n) is 12.6. The summed E-state index contributed by atoms with van der Waals surface area (Å²) in [5, 5.41) is 12.7. The largest absolute Gasteiger partial charge is 0.345 e. The van der Waals surface area contributed by atoms with Gasteiger partial charge in [-0.05, 0) is 43.7 Å². The predicted molar refractivity (Wildman–Crippen MR) is 90.3 cm³/mol. The second kappa shape index (κ2) is 7.37. The number of nitriles is 1. The Kier molecular flexibility index (Phi) is 5.23. The van der Waals surface area contributed by atoms with Crippen molar-refractivity contribution in [2.24, 2.45) is 0 Å². The van der Waals surface area contributed by atoms with E-state index in [1.165, 1.54) is 23.5 Å². The molecule has 1 atom stereocenters. The molecule has 7 heteroatoms. The van der Waals surface area contributed by atoms with Crippen molar-refractivity contribution in [2.75, 3.05) is 11.5 Å². The maximum absolute atomic E-state index is 12.0. The van der Waals surface area contributed by atoms with E-state index in [4.69, 9.17) is 0 Å². The van der Waals surface area contributed by atoms with E-state index in [-0.39, 0.29) is 22.8 Å². The lowest BCUT2D eigenvalue weighted by molar-refractivity contribution is -0.122. The van der Waals surface area contributed by atoms with Gasteiger partial charge >= 0.3 is 0 Å². The van der Waals surface area contributed by atoms with Crippen molar-refractivity contribution in [3.05, 3.63) is 22.9 Å². The molecule has 1 amide bonds. The van der Waals surface area contributed by atoms with Gasteiger partial charge in [0.05, 0.1) is 17.4 Å². The van der Waals surface area contributed by atoms with E-state index < -0.39 is 0 Å². The number of aryl methyl sites for hydroxylation is 2. The average molecular weight is 347 g/mol. The SMILES string of the molecule is N#Cc1cc2c(nc1SCC(=O)N[C@@H]1CCSC1=O)CCCC2. The molecule has 0 saturated carbocycles. The first-order valence-electron chi connectivity index (χ1n) is 7.69. The number of nitrogens with zero attached hydrogens (tertiary/aromatic N) is 2. The smallest absolute Gasteiger partial charge is 0.231 e. The Labute approximate surface area is 143 Å². The molecule has 23 heavy (non-hydrogen) atoms. The number of hydrogen-bond donors (Lipinski definition) is 1. The molecule has 0 unspecified atom stereocenters. The highest BCUT2D eigenvalue weighted by Gasteiger charge is 2.26. The Hall–Kier alpha value is -1.52. The first kappa shape index (κ1) is 16.3. The summed E-state index contributed by atoms with van der Waals surface area (Å²) in [4.78, 5) is 28.1. The molecule has 2 heterocycles. The van der Waals surface area contributed by atoms with E-state index in [1.54, 1.807) is 0 Å². The van der Waals surface area contributed by atoms with Gasteiger partial charge in [-0.3, -0.25) is 9.59 Å². The lowest BCUT2D eigenvalue weighted by atomic mass is 9.95. The van der Waals surface area contributed by atoms with E-state index >= 15 is 0 Å². The average Bonchev–Trinajstić information content (AvgIpc) is 2.97. The fourth-order valence-corrected chi connectivity index (χ4v) is 4.52. The van der Waals surface area contributed by atoms with Gasteiger partial charge in [0.25, 0.3) is 0 Å². The molecule has 2 aliphatic rings. The highest BCUT2D eigenvalue weighted by atomic mass is 32.2. The lowest BCUT2D eigenvalue weighted by Crippen LogP contribution is -2.38. The Morgan fingerprint density at radius 3 is 3.04 bits per heavy atom. The van der Waals surface area contributed by atoms with Crippen LogP contribution in [-0.2, 0) is 22.4 Å². The zero-order chi connectivity index (χ0) is 16.2. The van der Waals surface area contributed by atoms with E-state index in [9.17, 15) is 14.9 Å². The first-order valence-corrected chi connectivity index (χ1v) is 9.66. The number of carbonyl (C=O) groups is 2. The molecule has 1 aromatic heterocycles. The fourth-order valence-electron chi connectivity index (χ4n) is 2.80. The third-order valence-electron chi connectivity index (χ3n) is 4.00. The third kappa shape index (κ3) is 3.88. The molecule has 3 rings (SSSR count). The summed E-state index contributed by atoms with van der Waals surface area (Å²) in [7, 11) is 0. The molecule has 120 valence electrons. The lowest BCUT2D eigenvalue weighted by Gasteiger charge is -2.16. The third-order valence-corrected chi connectivity index (χ3v) is 6.00. The summed E-state index contributed by atoms with van der Waals surface area (Å²) in [6.07, 6.45) is 4.87. The summed E-state index contributed by atoms with van der Waals surface area (Å²) < 4.78 is 0. The predicted octanol–water partition coefficient (Wildman–Crippen LogP) is 2.07. The van der Waals surface area contributed by atoms with Crippen molar-refractivity contribution in [2.45, 2.75) is 43.2 Å². The van der Waals surface area contributed by atoms with Crippen LogP contribution >= 0.6 is 23.5 Å². The van der Waals surface area contributed by atoms with Gasteiger partial charge in [0.1, 0.15) is 11.1 Å². The normalized spacial score (nSPS) is 20.0. The van der Waals surface area contributed by atoms with Crippen molar-refractivity contribution < 1.29 is 9.59 Å². The molecule has 1 aliphatic heterocycles. The number of nitrogens with one attached hydrogen (secondary N) is 1. The monoisotopic (exact) mass is 347 g/mol. The summed E-state index contributed by atoms with van der Waals surface area (Å²) in [5.41, 5.74) is 2.76. The molecule has 1 aliphatic carbocycles. The summed E-state index contributed by atoms with van der Waals surface area (Å²) >= 11 is 2.54. The van der Waals surface area contributed by atoms with Crippen molar-refractivity contribution in [1.29, 1.82) is 5.26 Å². The van der Waals surface area contributed by atoms with Crippen molar-refractivity contribution in [3.8, 4) is 6.07 Å². The minimum Gasteiger partial charge on any atom is -0.345 e. The maximum Gasteiger partial charge on any atom is 0.231 e. The fraction of sp³-hybridized carbons (Fsp3) is 0.500. The molecule has 1 saturated heterocycles. The van der Waals surface area contributed by atoms with Gasteiger partial charge in [0.15, 0.2) is 0 Å². The molecular weight excluding hydrogens is 330 g/mol. The number of fused-ring (bicyclic) bond motifs is 1. The number of carbonyl (C=O) groups excluding carboxylic acids is 2. The Morgan fingerprint density at radius 2 is 2.30 bits per heavy atom. The number of hydrogen-bond acceptors (Lipinski definition) is 6. The number of aromatic nitrogens is 1. The van der Waals surface area contributed by atoms with Crippen LogP contribution in [0.1, 0.15) is 36.1 Å². The van der Waals surface area contributed by atoms with Gasteiger partial charge in [-0.15, -0.1) is 0 Å². The minimum absolute atomic E-state index is 0.0352. The molecule has 1 N–H and O–H groups in total. The number of thioether (sulfide) groups is 2. The number of rotatable bonds is 4. The summed E-state index contributed by atoms with van der Waals surface area (Å²) in [5.74, 6) is 0.760. The second-order valence-corrected chi connectivity index (χ2v) is 7.69. The topological polar surface area (TPSA) is 82.8 Å². The molecule has 0 radical (unpaired) electrons. The van der Waals surface area contributed by atoms with Gasteiger partial charge in [0.2, 0.25) is 11.0 Å². The van der Waals surface area contributed by atoms with Crippen LogP contribution in [0, 0.1) is 11.3 Å². The number of amides is 1.